The van der Waals surface area contributed by atoms with E-state index in [1.165, 1.54) is 6.33 Å². The van der Waals surface area contributed by atoms with Gasteiger partial charge in [0, 0.05) is 13.5 Å². The number of fused-ring (bicyclic) bond motifs is 1. The molecule has 0 aliphatic carbocycles. The SMILES string of the molecule is C=CCCOC(=O)O.C=CCCOC=O.COC1CC(COC(=O)OC(C)C)OC1c1ccc2c(N)ncnn12. The van der Waals surface area contributed by atoms with Gasteiger partial charge in [-0.05, 0) is 38.8 Å². The van der Waals surface area contributed by atoms with Crippen molar-refractivity contribution in [3.05, 3.63) is 49.5 Å². The number of hydrogen-bond acceptors (Lipinski definition) is 12. The molecule has 0 amide bonds. The summed E-state index contributed by atoms with van der Waals surface area (Å²) in [6, 6.07) is 3.72. The van der Waals surface area contributed by atoms with Crippen LogP contribution in [0.2, 0.25) is 0 Å². The van der Waals surface area contributed by atoms with Gasteiger partial charge in [-0.3, -0.25) is 4.79 Å². The van der Waals surface area contributed by atoms with Crippen LogP contribution in [0.25, 0.3) is 5.52 Å². The summed E-state index contributed by atoms with van der Waals surface area (Å²) < 4.78 is 31.8. The minimum absolute atomic E-state index is 0.0995. The van der Waals surface area contributed by atoms with Crippen molar-refractivity contribution in [2.24, 2.45) is 0 Å². The molecule has 222 valence electrons. The highest BCUT2D eigenvalue weighted by molar-refractivity contribution is 5.65. The Labute approximate surface area is 232 Å². The molecule has 3 unspecified atom stereocenters. The summed E-state index contributed by atoms with van der Waals surface area (Å²) in [5.41, 5.74) is 7.38. The van der Waals surface area contributed by atoms with Gasteiger partial charge in [-0.2, -0.15) is 5.10 Å². The molecule has 0 saturated carbocycles. The summed E-state index contributed by atoms with van der Waals surface area (Å²) in [5.74, 6) is 0.393. The number of carboxylic acid groups (broad SMARTS) is 1. The van der Waals surface area contributed by atoms with Crippen LogP contribution in [0.1, 0.15) is 44.9 Å². The Morgan fingerprint density at radius 2 is 1.93 bits per heavy atom. The minimum Gasteiger partial charge on any atom is -0.468 e. The van der Waals surface area contributed by atoms with Crippen LogP contribution >= 0.6 is 0 Å². The number of nitrogens with zero attached hydrogens (tertiary/aromatic N) is 3. The van der Waals surface area contributed by atoms with Gasteiger partial charge in [0.1, 0.15) is 24.6 Å². The number of aromatic nitrogens is 3. The molecular formula is C26H38N4O10. The quantitative estimate of drug-likeness (QED) is 0.125. The van der Waals surface area contributed by atoms with Crippen LogP contribution in [-0.2, 0) is 33.2 Å². The van der Waals surface area contributed by atoms with Gasteiger partial charge in [0.25, 0.3) is 6.47 Å². The first-order valence-electron chi connectivity index (χ1n) is 12.4. The summed E-state index contributed by atoms with van der Waals surface area (Å²) in [6.45, 7) is 11.5. The maximum Gasteiger partial charge on any atom is 0.508 e. The second kappa shape index (κ2) is 19.0. The molecule has 0 aromatic carbocycles. The fraction of sp³-hybridized carbons (Fsp3) is 0.500. The number of nitrogens with two attached hydrogens (primary N) is 1. The molecule has 14 nitrogen and oxygen atoms in total. The lowest BCUT2D eigenvalue weighted by Crippen LogP contribution is -2.21. The van der Waals surface area contributed by atoms with Crippen LogP contribution in [-0.4, -0.2) is 83.7 Å². The van der Waals surface area contributed by atoms with E-state index < -0.39 is 12.3 Å². The highest BCUT2D eigenvalue weighted by atomic mass is 16.7. The molecule has 2 aromatic rings. The molecule has 2 aromatic heterocycles. The van der Waals surface area contributed by atoms with E-state index in [0.717, 1.165) is 12.1 Å². The maximum atomic E-state index is 11.5. The first-order chi connectivity index (χ1) is 19.2. The molecule has 14 heteroatoms. The lowest BCUT2D eigenvalue weighted by atomic mass is 10.1. The number of ether oxygens (including phenoxy) is 6. The predicted octanol–water partition coefficient (Wildman–Crippen LogP) is 3.71. The van der Waals surface area contributed by atoms with Gasteiger partial charge < -0.3 is 39.3 Å². The topological polar surface area (TPSA) is 183 Å². The van der Waals surface area contributed by atoms with Crippen LogP contribution in [0.4, 0.5) is 15.4 Å². The summed E-state index contributed by atoms with van der Waals surface area (Å²) in [6.07, 6.45) is 3.59. The highest BCUT2D eigenvalue weighted by Gasteiger charge is 2.39. The third-order valence-electron chi connectivity index (χ3n) is 5.05. The molecule has 3 atom stereocenters. The van der Waals surface area contributed by atoms with E-state index in [0.29, 0.717) is 37.3 Å². The van der Waals surface area contributed by atoms with Gasteiger partial charge >= 0.3 is 12.3 Å². The van der Waals surface area contributed by atoms with E-state index in [9.17, 15) is 14.4 Å². The van der Waals surface area contributed by atoms with Crippen LogP contribution < -0.4 is 5.73 Å². The standard InChI is InChI=1S/C16H22N4O5.C5H8O3.C5H8O2/c1-9(2)24-16(21)23-7-10-6-13(22-3)14(25-10)11-4-5-12-15(17)18-8-19-20(11)12;1-2-3-4-8-5(6)7;1-2-3-4-7-5-6/h4-5,8-10,13-14H,6-7H2,1-3H3,(H2,17,18,19);2H,1,3-4H2,(H,6,7);2,5H,1,3-4H2. The first kappa shape index (κ1) is 33.9. The van der Waals surface area contributed by atoms with Gasteiger partial charge in [0.05, 0.1) is 37.2 Å². The molecule has 1 aliphatic rings. The summed E-state index contributed by atoms with van der Waals surface area (Å²) >= 11 is 0. The average molecular weight is 567 g/mol. The number of carbonyl (C=O) groups excluding carboxylic acids is 2. The van der Waals surface area contributed by atoms with Crippen molar-refractivity contribution in [1.82, 2.24) is 14.6 Å². The van der Waals surface area contributed by atoms with E-state index >= 15 is 0 Å². The molecule has 0 radical (unpaired) electrons. The molecule has 3 rings (SSSR count). The molecule has 0 spiro atoms. The third-order valence-corrected chi connectivity index (χ3v) is 5.05. The fourth-order valence-corrected chi connectivity index (χ4v) is 3.33. The highest BCUT2D eigenvalue weighted by Crippen LogP contribution is 2.36. The Kier molecular flexibility index (Phi) is 16.1. The summed E-state index contributed by atoms with van der Waals surface area (Å²) in [4.78, 5) is 34.5. The number of hydrogen-bond donors (Lipinski definition) is 2. The largest absolute Gasteiger partial charge is 0.508 e. The molecule has 3 heterocycles. The molecule has 40 heavy (non-hydrogen) atoms. The second-order valence-corrected chi connectivity index (χ2v) is 8.35. The van der Waals surface area contributed by atoms with Gasteiger partial charge in [-0.1, -0.05) is 12.2 Å². The van der Waals surface area contributed by atoms with E-state index in [2.05, 4.69) is 32.7 Å². The molecule has 3 N–H and O–H groups in total. The predicted molar refractivity (Wildman–Crippen MR) is 144 cm³/mol. The van der Waals surface area contributed by atoms with Crippen molar-refractivity contribution in [2.45, 2.75) is 57.5 Å². The van der Waals surface area contributed by atoms with Crippen molar-refractivity contribution in [3.8, 4) is 0 Å². The third kappa shape index (κ3) is 12.1. The van der Waals surface area contributed by atoms with E-state index in [-0.39, 0.29) is 37.6 Å². The van der Waals surface area contributed by atoms with Gasteiger partial charge in [-0.25, -0.2) is 19.1 Å². The lowest BCUT2D eigenvalue weighted by molar-refractivity contribution is -0.128. The summed E-state index contributed by atoms with van der Waals surface area (Å²) in [7, 11) is 1.62. The Morgan fingerprint density at radius 1 is 1.23 bits per heavy atom. The number of nitrogen functional groups attached to an aromatic ring is 1. The Balaban J connectivity index is 0.000000440. The zero-order valence-electron chi connectivity index (χ0n) is 23.0. The second-order valence-electron chi connectivity index (χ2n) is 8.35. The van der Waals surface area contributed by atoms with Crippen molar-refractivity contribution >= 4 is 30.1 Å². The normalized spacial score (nSPS) is 17.4. The smallest absolute Gasteiger partial charge is 0.468 e. The molecule has 0 bridgehead atoms. The average Bonchev–Trinajstić information content (AvgIpc) is 3.53. The maximum absolute atomic E-state index is 11.5. The van der Waals surface area contributed by atoms with Crippen molar-refractivity contribution in [2.75, 3.05) is 32.7 Å². The van der Waals surface area contributed by atoms with Gasteiger partial charge in [0.2, 0.25) is 0 Å². The molecule has 1 aliphatic heterocycles. The van der Waals surface area contributed by atoms with Crippen molar-refractivity contribution in [3.63, 3.8) is 0 Å². The van der Waals surface area contributed by atoms with E-state index in [4.69, 9.17) is 29.8 Å². The van der Waals surface area contributed by atoms with Gasteiger partial charge in [-0.15, -0.1) is 13.2 Å². The Hall–Kier alpha value is -4.17. The number of methoxy groups -OCH3 is 1. The zero-order valence-corrected chi connectivity index (χ0v) is 23.0. The fourth-order valence-electron chi connectivity index (χ4n) is 3.33. The first-order valence-corrected chi connectivity index (χ1v) is 12.4. The molecule has 1 fully saturated rings. The number of rotatable bonds is 12. The van der Waals surface area contributed by atoms with Crippen LogP contribution in [0.15, 0.2) is 43.8 Å². The minimum atomic E-state index is -1.23. The lowest BCUT2D eigenvalue weighted by Gasteiger charge is -2.17. The molecular weight excluding hydrogens is 528 g/mol. The summed E-state index contributed by atoms with van der Waals surface area (Å²) in [5, 5.41) is 12.1. The Bertz CT molecular complexity index is 1070. The van der Waals surface area contributed by atoms with Crippen LogP contribution in [0.3, 0.4) is 0 Å². The molecule has 1 saturated heterocycles. The van der Waals surface area contributed by atoms with Gasteiger partial charge in [0.15, 0.2) is 5.82 Å². The van der Waals surface area contributed by atoms with Crippen molar-refractivity contribution in [1.29, 1.82) is 0 Å². The van der Waals surface area contributed by atoms with Crippen LogP contribution in [0.5, 0.6) is 0 Å². The van der Waals surface area contributed by atoms with Crippen molar-refractivity contribution < 1.29 is 47.9 Å². The van der Waals surface area contributed by atoms with Crippen LogP contribution in [0, 0.1) is 0 Å². The zero-order chi connectivity index (χ0) is 29.9. The number of carbonyl (C=O) groups is 3. The van der Waals surface area contributed by atoms with E-state index in [1.807, 2.05) is 12.1 Å². The van der Waals surface area contributed by atoms with E-state index in [1.54, 1.807) is 37.6 Å². The Morgan fingerprint density at radius 3 is 2.52 bits per heavy atom. The number of anilines is 1. The monoisotopic (exact) mass is 566 g/mol.